The molecule has 0 radical (unpaired) electrons. The first-order chi connectivity index (χ1) is 30.8. The topological polar surface area (TPSA) is 96.5 Å². The predicted molar refractivity (Wildman–Crippen MR) is 249 cm³/mol. The average molecular weight is 834 g/mol. The third-order valence-corrected chi connectivity index (χ3v) is 12.2. The number of nitrogens with zero attached hydrogens (tertiary/aromatic N) is 3. The minimum atomic E-state index is -0.496. The van der Waals surface area contributed by atoms with Crippen molar-refractivity contribution in [3.63, 3.8) is 0 Å². The first kappa shape index (κ1) is 40.9. The summed E-state index contributed by atoms with van der Waals surface area (Å²) in [7, 11) is 3.32. The van der Waals surface area contributed by atoms with Crippen molar-refractivity contribution in [2.45, 2.75) is 45.4 Å². The van der Waals surface area contributed by atoms with Crippen LogP contribution in [-0.2, 0) is 0 Å². The van der Waals surface area contributed by atoms with Gasteiger partial charge in [0, 0.05) is 56.6 Å². The zero-order valence-electron chi connectivity index (χ0n) is 35.6. The zero-order chi connectivity index (χ0) is 43.6. The molecule has 7 aromatic rings. The van der Waals surface area contributed by atoms with Gasteiger partial charge in [0.25, 0.3) is 23.6 Å². The first-order valence-corrected chi connectivity index (χ1v) is 21.5. The third kappa shape index (κ3) is 7.60. The number of rotatable bonds is 15. The van der Waals surface area contributed by atoms with Crippen LogP contribution in [0.25, 0.3) is 33.0 Å². The molecule has 63 heavy (non-hydrogen) atoms. The van der Waals surface area contributed by atoms with E-state index in [-0.39, 0.29) is 22.9 Å². The molecule has 314 valence electrons. The lowest BCUT2D eigenvalue weighted by Gasteiger charge is -2.32. The van der Waals surface area contributed by atoms with Gasteiger partial charge in [-0.05, 0) is 126 Å². The van der Waals surface area contributed by atoms with E-state index < -0.39 is 11.8 Å². The van der Waals surface area contributed by atoms with E-state index in [0.29, 0.717) is 34.1 Å². The zero-order valence-corrected chi connectivity index (χ0v) is 35.6. The van der Waals surface area contributed by atoms with E-state index in [0.717, 1.165) is 82.9 Å². The molecule has 2 heterocycles. The summed E-state index contributed by atoms with van der Waals surface area (Å²) in [5, 5.41) is 0.759. The Morgan fingerprint density at radius 1 is 0.413 bits per heavy atom. The van der Waals surface area contributed by atoms with Crippen LogP contribution in [-0.4, -0.2) is 49.3 Å². The molecule has 0 aliphatic carbocycles. The van der Waals surface area contributed by atoms with Gasteiger partial charge in [0.1, 0.15) is 11.5 Å². The highest BCUT2D eigenvalue weighted by Crippen LogP contribution is 2.41. The van der Waals surface area contributed by atoms with Crippen molar-refractivity contribution in [2.24, 2.45) is 0 Å². The number of unbranched alkanes of at least 4 members (excludes halogenated alkanes) is 5. The average Bonchev–Trinajstić information content (AvgIpc) is 3.33. The van der Waals surface area contributed by atoms with Crippen LogP contribution in [0.15, 0.2) is 146 Å². The van der Waals surface area contributed by atoms with Crippen molar-refractivity contribution < 1.29 is 28.7 Å². The monoisotopic (exact) mass is 833 g/mol. The van der Waals surface area contributed by atoms with Crippen LogP contribution in [0.2, 0.25) is 0 Å². The van der Waals surface area contributed by atoms with E-state index in [1.807, 2.05) is 60.7 Å². The standard InChI is InChI=1S/C54H47N3O6/c1-4-5-6-7-8-9-34-55-51(58)45-30-32-47-50-48(33-31-46(49(45)50)52(55)59)54(61)57(53(47)60)42-20-16-38(17-21-42)36-12-10-35(11-13-36)37-14-18-39(19-15-37)56(40-22-26-43(62-2)27-23-40)41-24-28-44(63-3)29-25-41/h10-33H,4-9,34H2,1-3H3. The van der Waals surface area contributed by atoms with Crippen LogP contribution in [0.3, 0.4) is 0 Å². The van der Waals surface area contributed by atoms with Crippen LogP contribution in [0.5, 0.6) is 11.5 Å². The quantitative estimate of drug-likeness (QED) is 0.0749. The molecule has 9 nitrogen and oxygen atoms in total. The molecule has 4 amide bonds. The summed E-state index contributed by atoms with van der Waals surface area (Å²) in [6.45, 7) is 2.51. The molecule has 9 heteroatoms. The molecular weight excluding hydrogens is 787 g/mol. The number of ether oxygens (including phenoxy) is 2. The van der Waals surface area contributed by atoms with Gasteiger partial charge in [-0.1, -0.05) is 87.6 Å². The number of methoxy groups -OCH3 is 2. The van der Waals surface area contributed by atoms with E-state index >= 15 is 0 Å². The number of anilines is 4. The van der Waals surface area contributed by atoms with Crippen molar-refractivity contribution in [1.82, 2.24) is 4.90 Å². The lowest BCUT2D eigenvalue weighted by Crippen LogP contribution is -2.43. The number of imide groups is 2. The van der Waals surface area contributed by atoms with Gasteiger partial charge in [-0.25, -0.2) is 4.90 Å². The Hall–Kier alpha value is -7.52. The van der Waals surface area contributed by atoms with Gasteiger partial charge >= 0.3 is 0 Å². The predicted octanol–water partition coefficient (Wildman–Crippen LogP) is 12.4. The summed E-state index contributed by atoms with van der Waals surface area (Å²) in [6, 6.07) is 46.5. The molecular formula is C54H47N3O6. The fourth-order valence-corrected chi connectivity index (χ4v) is 8.78. The molecule has 2 aliphatic heterocycles. The maximum atomic E-state index is 14.1. The summed E-state index contributed by atoms with van der Waals surface area (Å²) >= 11 is 0. The number of hydrogen-bond acceptors (Lipinski definition) is 7. The normalized spacial score (nSPS) is 13.2. The Balaban J connectivity index is 0.916. The van der Waals surface area contributed by atoms with Crippen LogP contribution >= 0.6 is 0 Å². The van der Waals surface area contributed by atoms with Crippen molar-refractivity contribution in [3.05, 3.63) is 168 Å². The summed E-state index contributed by atoms with van der Waals surface area (Å²) < 4.78 is 10.8. The molecule has 0 fully saturated rings. The highest BCUT2D eigenvalue weighted by Gasteiger charge is 2.40. The Bertz CT molecular complexity index is 2730. The molecule has 9 rings (SSSR count). The van der Waals surface area contributed by atoms with E-state index in [1.54, 1.807) is 50.6 Å². The minimum absolute atomic E-state index is 0.289. The van der Waals surface area contributed by atoms with Gasteiger partial charge in [-0.15, -0.1) is 0 Å². The smallest absolute Gasteiger partial charge is 0.265 e. The summed E-state index contributed by atoms with van der Waals surface area (Å²) in [6.07, 6.45) is 6.21. The number of benzene rings is 7. The Morgan fingerprint density at radius 3 is 1.17 bits per heavy atom. The number of amides is 4. The van der Waals surface area contributed by atoms with Crippen molar-refractivity contribution >= 4 is 57.2 Å². The van der Waals surface area contributed by atoms with Crippen LogP contribution < -0.4 is 19.3 Å². The van der Waals surface area contributed by atoms with Crippen LogP contribution in [0.1, 0.15) is 86.9 Å². The maximum Gasteiger partial charge on any atom is 0.265 e. The molecule has 0 unspecified atom stereocenters. The Kier molecular flexibility index (Phi) is 11.3. The third-order valence-electron chi connectivity index (χ3n) is 12.2. The lowest BCUT2D eigenvalue weighted by molar-refractivity contribution is 0.0606. The molecule has 2 aliphatic rings. The van der Waals surface area contributed by atoms with Crippen molar-refractivity contribution in [2.75, 3.05) is 30.6 Å². The van der Waals surface area contributed by atoms with Gasteiger partial charge in [0.05, 0.1) is 19.9 Å². The molecule has 0 N–H and O–H groups in total. The molecule has 0 spiro atoms. The van der Waals surface area contributed by atoms with E-state index in [9.17, 15) is 19.2 Å². The summed E-state index contributed by atoms with van der Waals surface area (Å²) in [5.41, 5.74) is 8.70. The molecule has 7 aromatic carbocycles. The van der Waals surface area contributed by atoms with E-state index in [4.69, 9.17) is 9.47 Å². The second kappa shape index (κ2) is 17.5. The molecule has 0 saturated heterocycles. The van der Waals surface area contributed by atoms with Gasteiger partial charge in [-0.3, -0.25) is 24.1 Å². The number of carbonyl (C=O) groups excluding carboxylic acids is 4. The lowest BCUT2D eigenvalue weighted by atomic mass is 9.85. The first-order valence-electron chi connectivity index (χ1n) is 21.5. The fraction of sp³-hybridized carbons (Fsp3) is 0.185. The second-order valence-corrected chi connectivity index (χ2v) is 15.9. The Labute approximate surface area is 367 Å². The second-order valence-electron chi connectivity index (χ2n) is 15.9. The van der Waals surface area contributed by atoms with Crippen LogP contribution in [0.4, 0.5) is 22.7 Å². The maximum absolute atomic E-state index is 14.1. The highest BCUT2D eigenvalue weighted by molar-refractivity contribution is 6.39. The molecule has 0 atom stereocenters. The molecule has 0 saturated carbocycles. The van der Waals surface area contributed by atoms with Gasteiger partial charge in [0.2, 0.25) is 0 Å². The number of hydrogen-bond donors (Lipinski definition) is 0. The van der Waals surface area contributed by atoms with E-state index in [1.165, 1.54) is 16.2 Å². The van der Waals surface area contributed by atoms with Gasteiger partial charge in [-0.2, -0.15) is 0 Å². The van der Waals surface area contributed by atoms with Crippen molar-refractivity contribution in [1.29, 1.82) is 0 Å². The minimum Gasteiger partial charge on any atom is -0.497 e. The summed E-state index contributed by atoms with van der Waals surface area (Å²) in [5.74, 6) is -0.186. The Morgan fingerprint density at radius 2 is 0.762 bits per heavy atom. The van der Waals surface area contributed by atoms with Crippen molar-refractivity contribution in [3.8, 4) is 33.8 Å². The largest absolute Gasteiger partial charge is 0.497 e. The van der Waals surface area contributed by atoms with Gasteiger partial charge < -0.3 is 14.4 Å². The van der Waals surface area contributed by atoms with Gasteiger partial charge in [0.15, 0.2) is 0 Å². The van der Waals surface area contributed by atoms with Crippen LogP contribution in [0, 0.1) is 0 Å². The fourth-order valence-electron chi connectivity index (χ4n) is 8.78. The molecule has 0 aromatic heterocycles. The highest BCUT2D eigenvalue weighted by atomic mass is 16.5. The number of carbonyl (C=O) groups is 4. The molecule has 0 bridgehead atoms. The van der Waals surface area contributed by atoms with E-state index in [2.05, 4.69) is 60.4 Å². The SMILES string of the molecule is CCCCCCCCN1C(=O)c2ccc3c4c(ccc(c24)C1=O)C(=O)N(c1ccc(-c2ccc(-c4ccc(N(c5ccc(OC)cc5)c5ccc(OC)cc5)cc4)cc2)cc1)C3=O. The summed E-state index contributed by atoms with van der Waals surface area (Å²) in [4.78, 5) is 60.2.